The van der Waals surface area contributed by atoms with E-state index in [4.69, 9.17) is 0 Å². The summed E-state index contributed by atoms with van der Waals surface area (Å²) in [5.74, 6) is 0.182. The molecule has 0 saturated heterocycles. The van der Waals surface area contributed by atoms with Crippen molar-refractivity contribution in [1.82, 2.24) is 9.78 Å². The Morgan fingerprint density at radius 1 is 1.17 bits per heavy atom. The summed E-state index contributed by atoms with van der Waals surface area (Å²) in [5, 5.41) is 5.24. The molecule has 1 atom stereocenters. The summed E-state index contributed by atoms with van der Waals surface area (Å²) in [6.07, 6.45) is 4.17. The lowest BCUT2D eigenvalue weighted by molar-refractivity contribution is -0.113. The van der Waals surface area contributed by atoms with E-state index in [9.17, 15) is 14.0 Å². The van der Waals surface area contributed by atoms with Crippen LogP contribution in [0.5, 0.6) is 0 Å². The van der Waals surface area contributed by atoms with E-state index in [-0.39, 0.29) is 29.1 Å². The van der Waals surface area contributed by atoms with Crippen molar-refractivity contribution in [2.45, 2.75) is 37.0 Å². The van der Waals surface area contributed by atoms with Gasteiger partial charge < -0.3 is 5.32 Å². The maximum atomic E-state index is 14.3. The zero-order valence-electron chi connectivity index (χ0n) is 13.0. The van der Waals surface area contributed by atoms with E-state index in [2.05, 4.69) is 10.4 Å². The van der Waals surface area contributed by atoms with Crippen molar-refractivity contribution in [2.24, 2.45) is 0 Å². The van der Waals surface area contributed by atoms with Crippen LogP contribution in [-0.2, 0) is 4.79 Å². The van der Waals surface area contributed by atoms with Gasteiger partial charge >= 0.3 is 0 Å². The smallest absolute Gasteiger partial charge is 0.270 e. The van der Waals surface area contributed by atoms with Crippen LogP contribution in [0.1, 0.15) is 48.1 Å². The molecule has 24 heavy (non-hydrogen) atoms. The SMILES string of the molecule is O=C1CS[C@H](c2ccccc2F)c2c(n(C3CCCC3)[nH]c2=O)N1. The number of thioether (sulfide) groups is 1. The number of aromatic amines is 1. The van der Waals surface area contributed by atoms with Crippen molar-refractivity contribution < 1.29 is 9.18 Å². The molecule has 1 fully saturated rings. The van der Waals surface area contributed by atoms with Crippen molar-refractivity contribution in [3.8, 4) is 0 Å². The van der Waals surface area contributed by atoms with Crippen LogP contribution in [0.25, 0.3) is 0 Å². The molecule has 2 aliphatic rings. The van der Waals surface area contributed by atoms with E-state index >= 15 is 0 Å². The van der Waals surface area contributed by atoms with E-state index in [1.54, 1.807) is 22.9 Å². The molecule has 1 amide bonds. The third-order valence-corrected chi connectivity index (χ3v) is 5.99. The monoisotopic (exact) mass is 347 g/mol. The normalized spacial score (nSPS) is 21.4. The number of anilines is 1. The average molecular weight is 347 g/mol. The highest BCUT2D eigenvalue weighted by atomic mass is 32.2. The minimum atomic E-state index is -0.494. The molecule has 1 aromatic carbocycles. The molecule has 1 saturated carbocycles. The number of carbonyl (C=O) groups excluding carboxylic acids is 1. The first-order chi connectivity index (χ1) is 11.6. The molecule has 2 aromatic rings. The van der Waals surface area contributed by atoms with Crippen LogP contribution in [0, 0.1) is 5.82 Å². The highest BCUT2D eigenvalue weighted by molar-refractivity contribution is 8.00. The zero-order chi connectivity index (χ0) is 16.7. The van der Waals surface area contributed by atoms with Gasteiger partial charge in [-0.3, -0.25) is 19.4 Å². The molecular formula is C17H18FN3O2S. The molecule has 0 radical (unpaired) electrons. The lowest BCUT2D eigenvalue weighted by Crippen LogP contribution is -2.18. The van der Waals surface area contributed by atoms with Crippen LogP contribution >= 0.6 is 11.8 Å². The van der Waals surface area contributed by atoms with Gasteiger partial charge in [-0.05, 0) is 18.9 Å². The molecule has 2 N–H and O–H groups in total. The molecule has 4 rings (SSSR count). The number of carbonyl (C=O) groups is 1. The fraction of sp³-hybridized carbons (Fsp3) is 0.412. The summed E-state index contributed by atoms with van der Waals surface area (Å²) in [6, 6.07) is 6.63. The minimum Gasteiger partial charge on any atom is -0.310 e. The van der Waals surface area contributed by atoms with E-state index in [1.165, 1.54) is 17.8 Å². The Labute approximate surface area is 142 Å². The molecule has 1 aromatic heterocycles. The Kier molecular flexibility index (Phi) is 3.96. The van der Waals surface area contributed by atoms with Crippen LogP contribution in [0.3, 0.4) is 0 Å². The van der Waals surface area contributed by atoms with Crippen molar-refractivity contribution in [3.05, 3.63) is 51.6 Å². The van der Waals surface area contributed by atoms with E-state index in [1.807, 2.05) is 0 Å². The predicted octanol–water partition coefficient (Wildman–Crippen LogP) is 3.21. The first kappa shape index (κ1) is 15.5. The second-order valence-corrected chi connectivity index (χ2v) is 7.37. The number of benzene rings is 1. The number of halogens is 1. The third kappa shape index (κ3) is 2.56. The molecule has 0 spiro atoms. The molecule has 126 valence electrons. The van der Waals surface area contributed by atoms with Crippen LogP contribution in [0.4, 0.5) is 10.2 Å². The topological polar surface area (TPSA) is 66.9 Å². The summed E-state index contributed by atoms with van der Waals surface area (Å²) in [7, 11) is 0. The van der Waals surface area contributed by atoms with Gasteiger partial charge in [-0.15, -0.1) is 11.8 Å². The standard InChI is InChI=1S/C17H18FN3O2S/c18-12-8-4-3-7-11(12)15-14-16(19-13(22)9-24-15)21(20-17(14)23)10-5-1-2-6-10/h3-4,7-8,10,15H,1-2,5-6,9H2,(H,19,22)(H,20,23)/t15-/m1/s1. The summed E-state index contributed by atoms with van der Waals surface area (Å²) >= 11 is 1.29. The lowest BCUT2D eigenvalue weighted by Gasteiger charge is -2.17. The quantitative estimate of drug-likeness (QED) is 0.877. The van der Waals surface area contributed by atoms with Crippen LogP contribution in [0.15, 0.2) is 29.1 Å². The second kappa shape index (κ2) is 6.12. The van der Waals surface area contributed by atoms with E-state index < -0.39 is 5.25 Å². The van der Waals surface area contributed by atoms with Gasteiger partial charge in [-0.25, -0.2) is 4.39 Å². The first-order valence-electron chi connectivity index (χ1n) is 8.15. The number of nitrogens with zero attached hydrogens (tertiary/aromatic N) is 1. The molecule has 1 aliphatic carbocycles. The molecule has 0 bridgehead atoms. The van der Waals surface area contributed by atoms with Gasteiger partial charge in [0.1, 0.15) is 11.6 Å². The number of H-pyrrole nitrogens is 1. The molecular weight excluding hydrogens is 329 g/mol. The third-order valence-electron chi connectivity index (χ3n) is 4.74. The van der Waals surface area contributed by atoms with Crippen molar-refractivity contribution in [3.63, 3.8) is 0 Å². The van der Waals surface area contributed by atoms with Crippen molar-refractivity contribution >= 4 is 23.5 Å². The Balaban J connectivity index is 1.87. The van der Waals surface area contributed by atoms with Gasteiger partial charge in [-0.2, -0.15) is 0 Å². The number of fused-ring (bicyclic) bond motifs is 1. The van der Waals surface area contributed by atoms with Gasteiger partial charge in [0.05, 0.1) is 22.6 Å². The van der Waals surface area contributed by atoms with Crippen LogP contribution in [-0.4, -0.2) is 21.4 Å². The summed E-state index contributed by atoms with van der Waals surface area (Å²) in [4.78, 5) is 24.8. The fourth-order valence-corrected chi connectivity index (χ4v) is 4.76. The number of aromatic nitrogens is 2. The maximum Gasteiger partial charge on any atom is 0.270 e. The largest absolute Gasteiger partial charge is 0.310 e. The highest BCUT2D eigenvalue weighted by Gasteiger charge is 2.33. The minimum absolute atomic E-state index is 0.161. The average Bonchev–Trinajstić information content (AvgIpc) is 3.15. The Hall–Kier alpha value is -2.02. The predicted molar refractivity (Wildman–Crippen MR) is 91.9 cm³/mol. The second-order valence-electron chi connectivity index (χ2n) is 6.27. The van der Waals surface area contributed by atoms with E-state index in [0.717, 1.165) is 25.7 Å². The van der Waals surface area contributed by atoms with Crippen LogP contribution < -0.4 is 10.9 Å². The molecule has 0 unspecified atom stereocenters. The first-order valence-corrected chi connectivity index (χ1v) is 9.20. The van der Waals surface area contributed by atoms with Gasteiger partial charge in [0, 0.05) is 5.56 Å². The van der Waals surface area contributed by atoms with Gasteiger partial charge in [0.2, 0.25) is 5.91 Å². The Morgan fingerprint density at radius 2 is 1.92 bits per heavy atom. The maximum absolute atomic E-state index is 14.3. The number of rotatable bonds is 2. The molecule has 1 aliphatic heterocycles. The van der Waals surface area contributed by atoms with Gasteiger partial charge in [0.15, 0.2) is 0 Å². The number of hydrogen-bond donors (Lipinski definition) is 2. The summed E-state index contributed by atoms with van der Waals surface area (Å²) in [6.45, 7) is 0. The molecule has 7 heteroatoms. The summed E-state index contributed by atoms with van der Waals surface area (Å²) in [5.41, 5.74) is 0.637. The number of amides is 1. The fourth-order valence-electron chi connectivity index (χ4n) is 3.61. The highest BCUT2D eigenvalue weighted by Crippen LogP contribution is 2.42. The lowest BCUT2D eigenvalue weighted by atomic mass is 10.1. The van der Waals surface area contributed by atoms with Crippen molar-refractivity contribution in [2.75, 3.05) is 11.1 Å². The zero-order valence-corrected chi connectivity index (χ0v) is 13.9. The van der Waals surface area contributed by atoms with Gasteiger partial charge in [-0.1, -0.05) is 31.0 Å². The van der Waals surface area contributed by atoms with Crippen molar-refractivity contribution in [1.29, 1.82) is 0 Å². The molecule has 2 heterocycles. The number of hydrogen-bond acceptors (Lipinski definition) is 3. The molecule has 5 nitrogen and oxygen atoms in total. The van der Waals surface area contributed by atoms with Crippen LogP contribution in [0.2, 0.25) is 0 Å². The summed E-state index contributed by atoms with van der Waals surface area (Å²) < 4.78 is 16.1. The Bertz CT molecular complexity index is 839. The van der Waals surface area contributed by atoms with E-state index in [0.29, 0.717) is 16.9 Å². The number of nitrogens with one attached hydrogen (secondary N) is 2. The Morgan fingerprint density at radius 3 is 2.67 bits per heavy atom. The van der Waals surface area contributed by atoms with Gasteiger partial charge in [0.25, 0.3) is 5.56 Å².